The van der Waals surface area contributed by atoms with Gasteiger partial charge < -0.3 is 9.47 Å². The summed E-state index contributed by atoms with van der Waals surface area (Å²) in [5, 5.41) is 0. The molecule has 0 heterocycles. The quantitative estimate of drug-likeness (QED) is 0.730. The molecule has 0 saturated carbocycles. The zero-order valence-electron chi connectivity index (χ0n) is 13.6. The lowest BCUT2D eigenvalue weighted by molar-refractivity contribution is 0.0522. The first-order valence-corrected chi connectivity index (χ1v) is 9.89. The van der Waals surface area contributed by atoms with Crippen LogP contribution in [0.2, 0.25) is 0 Å². The van der Waals surface area contributed by atoms with E-state index in [1.165, 1.54) is 30.0 Å². The van der Waals surface area contributed by atoms with E-state index in [9.17, 15) is 13.2 Å². The molecule has 0 bridgehead atoms. The van der Waals surface area contributed by atoms with Crippen LogP contribution in [0.1, 0.15) is 17.3 Å². The molecule has 2 aromatic carbocycles. The summed E-state index contributed by atoms with van der Waals surface area (Å²) in [5.41, 5.74) is 0.338. The number of sulfone groups is 1. The van der Waals surface area contributed by atoms with E-state index in [-0.39, 0.29) is 11.5 Å². The maximum Gasteiger partial charge on any atom is 0.339 e. The van der Waals surface area contributed by atoms with Crippen molar-refractivity contribution in [1.82, 2.24) is 0 Å². The lowest BCUT2D eigenvalue weighted by Gasteiger charge is -2.11. The van der Waals surface area contributed by atoms with E-state index in [0.717, 1.165) is 16.9 Å². The Kier molecular flexibility index (Phi) is 5.90. The van der Waals surface area contributed by atoms with Crippen molar-refractivity contribution in [2.24, 2.45) is 0 Å². The largest absolute Gasteiger partial charge is 0.497 e. The molecule has 0 atom stereocenters. The lowest BCUT2D eigenvalue weighted by Crippen LogP contribution is -2.07. The highest BCUT2D eigenvalue weighted by molar-refractivity contribution is 7.99. The summed E-state index contributed by atoms with van der Waals surface area (Å²) < 4.78 is 33.7. The van der Waals surface area contributed by atoms with Crippen molar-refractivity contribution in [3.8, 4) is 5.75 Å². The first-order valence-electron chi connectivity index (χ1n) is 7.18. The van der Waals surface area contributed by atoms with Gasteiger partial charge in [0.05, 0.1) is 24.2 Å². The van der Waals surface area contributed by atoms with Crippen LogP contribution in [0.15, 0.2) is 57.2 Å². The molecule has 0 aliphatic heterocycles. The summed E-state index contributed by atoms with van der Waals surface area (Å²) in [5.74, 6) is 0.239. The van der Waals surface area contributed by atoms with Crippen LogP contribution >= 0.6 is 11.8 Å². The average Bonchev–Trinajstić information content (AvgIpc) is 2.55. The summed E-state index contributed by atoms with van der Waals surface area (Å²) in [4.78, 5) is 13.7. The van der Waals surface area contributed by atoms with Crippen molar-refractivity contribution in [2.45, 2.75) is 21.6 Å². The summed E-state index contributed by atoms with van der Waals surface area (Å²) in [6.45, 7) is 1.97. The molecule has 24 heavy (non-hydrogen) atoms. The van der Waals surface area contributed by atoms with Crippen molar-refractivity contribution >= 4 is 27.6 Å². The van der Waals surface area contributed by atoms with Crippen LogP contribution in [-0.2, 0) is 14.6 Å². The van der Waals surface area contributed by atoms with Gasteiger partial charge in [-0.1, -0.05) is 11.8 Å². The normalized spacial score (nSPS) is 11.1. The van der Waals surface area contributed by atoms with Gasteiger partial charge in [-0.05, 0) is 49.4 Å². The number of hydrogen-bond acceptors (Lipinski definition) is 6. The third kappa shape index (κ3) is 4.52. The molecular formula is C17H18O5S2. The Bertz CT molecular complexity index is 827. The number of rotatable bonds is 6. The summed E-state index contributed by atoms with van der Waals surface area (Å²) >= 11 is 1.30. The highest BCUT2D eigenvalue weighted by Crippen LogP contribution is 2.33. The standard InChI is InChI=1S/C17H18O5S2/c1-4-22-17(18)15-10-9-14(24(3,19)20)11-16(15)23-13-7-5-12(21-2)6-8-13/h5-11H,4H2,1-3H3. The minimum atomic E-state index is -3.37. The van der Waals surface area contributed by atoms with E-state index in [1.807, 2.05) is 12.1 Å². The predicted molar refractivity (Wildman–Crippen MR) is 92.6 cm³/mol. The Morgan fingerprint density at radius 1 is 1.12 bits per heavy atom. The fraction of sp³-hybridized carbons (Fsp3) is 0.235. The second-order valence-electron chi connectivity index (χ2n) is 4.93. The van der Waals surface area contributed by atoms with E-state index >= 15 is 0 Å². The summed E-state index contributed by atoms with van der Waals surface area (Å²) in [6.07, 6.45) is 1.13. The van der Waals surface area contributed by atoms with Gasteiger partial charge in [0, 0.05) is 16.0 Å². The Balaban J connectivity index is 2.44. The fourth-order valence-corrected chi connectivity index (χ4v) is 3.66. The smallest absolute Gasteiger partial charge is 0.339 e. The van der Waals surface area contributed by atoms with Crippen molar-refractivity contribution in [2.75, 3.05) is 20.0 Å². The highest BCUT2D eigenvalue weighted by atomic mass is 32.2. The Morgan fingerprint density at radius 3 is 2.33 bits per heavy atom. The van der Waals surface area contributed by atoms with E-state index in [1.54, 1.807) is 26.2 Å². The number of ether oxygens (including phenoxy) is 2. The maximum absolute atomic E-state index is 12.1. The first-order chi connectivity index (χ1) is 11.3. The zero-order chi connectivity index (χ0) is 17.7. The van der Waals surface area contributed by atoms with Crippen LogP contribution in [-0.4, -0.2) is 34.4 Å². The number of esters is 1. The average molecular weight is 366 g/mol. The van der Waals surface area contributed by atoms with Gasteiger partial charge in [-0.3, -0.25) is 0 Å². The van der Waals surface area contributed by atoms with Crippen LogP contribution in [0, 0.1) is 0 Å². The highest BCUT2D eigenvalue weighted by Gasteiger charge is 2.17. The molecule has 128 valence electrons. The molecule has 0 spiro atoms. The van der Waals surface area contributed by atoms with Crippen LogP contribution in [0.25, 0.3) is 0 Å². The molecule has 0 N–H and O–H groups in total. The Morgan fingerprint density at radius 2 is 1.79 bits per heavy atom. The van der Waals surface area contributed by atoms with Crippen molar-refractivity contribution in [1.29, 1.82) is 0 Å². The van der Waals surface area contributed by atoms with Crippen molar-refractivity contribution in [3.63, 3.8) is 0 Å². The number of carbonyl (C=O) groups excluding carboxylic acids is 1. The molecule has 0 saturated heterocycles. The Labute approximate surface area is 145 Å². The second-order valence-corrected chi connectivity index (χ2v) is 8.06. The van der Waals surface area contributed by atoms with Gasteiger partial charge in [-0.25, -0.2) is 13.2 Å². The van der Waals surface area contributed by atoms with Gasteiger partial charge in [0.2, 0.25) is 0 Å². The number of benzene rings is 2. The molecule has 0 aliphatic rings. The molecule has 7 heteroatoms. The van der Waals surface area contributed by atoms with Gasteiger partial charge in [0.15, 0.2) is 9.84 Å². The summed E-state index contributed by atoms with van der Waals surface area (Å²) in [7, 11) is -1.79. The van der Waals surface area contributed by atoms with Gasteiger partial charge in [-0.2, -0.15) is 0 Å². The number of methoxy groups -OCH3 is 1. The molecule has 5 nitrogen and oxygen atoms in total. The lowest BCUT2D eigenvalue weighted by atomic mass is 10.2. The van der Waals surface area contributed by atoms with Crippen LogP contribution in [0.3, 0.4) is 0 Å². The van der Waals surface area contributed by atoms with E-state index in [2.05, 4.69) is 0 Å². The van der Waals surface area contributed by atoms with E-state index in [4.69, 9.17) is 9.47 Å². The Hall–Kier alpha value is -1.99. The van der Waals surface area contributed by atoms with Crippen molar-refractivity contribution in [3.05, 3.63) is 48.0 Å². The summed E-state index contributed by atoms with van der Waals surface area (Å²) in [6, 6.07) is 11.7. The number of hydrogen-bond donors (Lipinski definition) is 0. The van der Waals surface area contributed by atoms with Gasteiger partial charge in [-0.15, -0.1) is 0 Å². The monoisotopic (exact) mass is 366 g/mol. The maximum atomic E-state index is 12.1. The molecule has 2 rings (SSSR count). The van der Waals surface area contributed by atoms with Gasteiger partial charge in [0.1, 0.15) is 5.75 Å². The molecule has 0 amide bonds. The fourth-order valence-electron chi connectivity index (χ4n) is 1.97. The molecule has 0 aliphatic carbocycles. The minimum Gasteiger partial charge on any atom is -0.497 e. The van der Waals surface area contributed by atoms with Crippen molar-refractivity contribution < 1.29 is 22.7 Å². The molecule has 0 unspecified atom stereocenters. The van der Waals surface area contributed by atoms with E-state index in [0.29, 0.717) is 10.5 Å². The van der Waals surface area contributed by atoms with Crippen LogP contribution in [0.5, 0.6) is 5.75 Å². The van der Waals surface area contributed by atoms with Crippen LogP contribution in [0.4, 0.5) is 0 Å². The van der Waals surface area contributed by atoms with Gasteiger partial charge >= 0.3 is 5.97 Å². The second kappa shape index (κ2) is 7.72. The number of carbonyl (C=O) groups is 1. The first kappa shape index (κ1) is 18.4. The zero-order valence-corrected chi connectivity index (χ0v) is 15.2. The molecule has 0 aromatic heterocycles. The predicted octanol–water partition coefficient (Wildman–Crippen LogP) is 3.43. The molecule has 0 radical (unpaired) electrons. The van der Waals surface area contributed by atoms with Crippen LogP contribution < -0.4 is 4.74 Å². The SMILES string of the molecule is CCOC(=O)c1ccc(S(C)(=O)=O)cc1Sc1ccc(OC)cc1. The minimum absolute atomic E-state index is 0.159. The molecular weight excluding hydrogens is 348 g/mol. The third-order valence-electron chi connectivity index (χ3n) is 3.16. The molecule has 0 fully saturated rings. The van der Waals surface area contributed by atoms with Gasteiger partial charge in [0.25, 0.3) is 0 Å². The topological polar surface area (TPSA) is 69.7 Å². The van der Waals surface area contributed by atoms with E-state index < -0.39 is 15.8 Å². The molecule has 2 aromatic rings. The third-order valence-corrected chi connectivity index (χ3v) is 5.34.